The van der Waals surface area contributed by atoms with Crippen LogP contribution in [0.15, 0.2) is 30.6 Å². The predicted octanol–water partition coefficient (Wildman–Crippen LogP) is 3.99. The molecule has 0 radical (unpaired) electrons. The van der Waals surface area contributed by atoms with Crippen LogP contribution in [-0.4, -0.2) is 39.2 Å². The normalized spacial score (nSPS) is 11.5. The van der Waals surface area contributed by atoms with Crippen LogP contribution in [0, 0.1) is 5.41 Å². The van der Waals surface area contributed by atoms with Crippen LogP contribution in [0.2, 0.25) is 5.02 Å². The van der Waals surface area contributed by atoms with Gasteiger partial charge in [0.15, 0.2) is 5.65 Å². The number of nitrogens with one attached hydrogen (secondary N) is 4. The second-order valence-electron chi connectivity index (χ2n) is 7.16. The zero-order valence-electron chi connectivity index (χ0n) is 16.3. The van der Waals surface area contributed by atoms with E-state index in [2.05, 4.69) is 25.6 Å². The molecule has 0 bridgehead atoms. The fraction of sp³-hybridized carbons (Fsp3) is 0.300. The maximum absolute atomic E-state index is 12.7. The Bertz CT molecular complexity index is 1060. The Labute approximate surface area is 168 Å². The number of nitrogens with zero attached hydrogens (tertiary/aromatic N) is 2. The van der Waals surface area contributed by atoms with Crippen LogP contribution >= 0.6 is 11.6 Å². The molecule has 146 valence electrons. The Morgan fingerprint density at radius 3 is 2.75 bits per heavy atom. The van der Waals surface area contributed by atoms with E-state index in [1.54, 1.807) is 31.4 Å². The first-order chi connectivity index (χ1) is 13.3. The summed E-state index contributed by atoms with van der Waals surface area (Å²) in [6.07, 6.45) is 3.92. The zero-order chi connectivity index (χ0) is 20.5. The smallest absolute Gasteiger partial charge is 0.255 e. The molecule has 3 aromatic rings. The van der Waals surface area contributed by atoms with E-state index in [4.69, 9.17) is 17.0 Å². The highest BCUT2D eigenvalue weighted by atomic mass is 35.5. The van der Waals surface area contributed by atoms with Gasteiger partial charge >= 0.3 is 0 Å². The van der Waals surface area contributed by atoms with E-state index in [1.165, 1.54) is 6.20 Å². The van der Waals surface area contributed by atoms with Crippen molar-refractivity contribution in [3.8, 4) is 0 Å². The molecule has 0 unspecified atom stereocenters. The van der Waals surface area contributed by atoms with E-state index in [-0.39, 0.29) is 17.2 Å². The molecule has 0 saturated heterocycles. The van der Waals surface area contributed by atoms with E-state index in [0.29, 0.717) is 33.0 Å². The number of aromatic amines is 1. The van der Waals surface area contributed by atoms with Gasteiger partial charge in [-0.2, -0.15) is 0 Å². The van der Waals surface area contributed by atoms with Gasteiger partial charge < -0.3 is 15.6 Å². The topological polar surface area (TPSA) is 107 Å². The van der Waals surface area contributed by atoms with Gasteiger partial charge in [-0.3, -0.25) is 10.2 Å². The molecule has 1 aromatic carbocycles. The third kappa shape index (κ3) is 3.84. The van der Waals surface area contributed by atoms with Crippen molar-refractivity contribution in [2.75, 3.05) is 12.4 Å². The average Bonchev–Trinajstić information content (AvgIpc) is 3.10. The Balaban J connectivity index is 2.01. The molecule has 2 heterocycles. The molecule has 3 rings (SSSR count). The van der Waals surface area contributed by atoms with Crippen molar-refractivity contribution in [3.63, 3.8) is 0 Å². The van der Waals surface area contributed by atoms with Crippen molar-refractivity contribution in [2.24, 2.45) is 0 Å². The van der Waals surface area contributed by atoms with Crippen LogP contribution in [0.3, 0.4) is 0 Å². The number of aromatic nitrogens is 3. The van der Waals surface area contributed by atoms with Gasteiger partial charge in [0.25, 0.3) is 5.91 Å². The number of hydrogen-bond acceptors (Lipinski definition) is 5. The van der Waals surface area contributed by atoms with E-state index >= 15 is 0 Å². The zero-order valence-corrected chi connectivity index (χ0v) is 17.0. The van der Waals surface area contributed by atoms with Crippen molar-refractivity contribution < 1.29 is 4.79 Å². The van der Waals surface area contributed by atoms with Gasteiger partial charge in [-0.25, -0.2) is 9.97 Å². The largest absolute Gasteiger partial charge is 0.388 e. The summed E-state index contributed by atoms with van der Waals surface area (Å²) >= 11 is 6.04. The van der Waals surface area contributed by atoms with Gasteiger partial charge in [0.05, 0.1) is 17.5 Å². The Kier molecular flexibility index (Phi) is 5.38. The van der Waals surface area contributed by atoms with Gasteiger partial charge in [-0.1, -0.05) is 18.5 Å². The number of rotatable bonds is 6. The fourth-order valence-corrected chi connectivity index (χ4v) is 2.90. The third-order valence-corrected chi connectivity index (χ3v) is 4.97. The van der Waals surface area contributed by atoms with Gasteiger partial charge in [0.2, 0.25) is 0 Å². The highest BCUT2D eigenvalue weighted by molar-refractivity contribution is 6.31. The van der Waals surface area contributed by atoms with Crippen LogP contribution in [0.5, 0.6) is 0 Å². The summed E-state index contributed by atoms with van der Waals surface area (Å²) < 4.78 is 0. The highest BCUT2D eigenvalue weighted by Gasteiger charge is 2.22. The molecule has 0 aliphatic heterocycles. The molecular formula is C20H23ClN6O. The Morgan fingerprint density at radius 1 is 1.32 bits per heavy atom. The SMILES string of the molecule is CCC(C)(C)NC(=O)c1c[nH]c2ncc(C(=N)c3ccc(Cl)cc3NC)nc12. The van der Waals surface area contributed by atoms with Gasteiger partial charge in [0.1, 0.15) is 11.2 Å². The van der Waals surface area contributed by atoms with Gasteiger partial charge in [0, 0.05) is 35.1 Å². The van der Waals surface area contributed by atoms with Gasteiger partial charge in [-0.15, -0.1) is 0 Å². The summed E-state index contributed by atoms with van der Waals surface area (Å²) in [4.78, 5) is 24.6. The summed E-state index contributed by atoms with van der Waals surface area (Å²) in [7, 11) is 1.77. The van der Waals surface area contributed by atoms with Crippen LogP contribution in [0.4, 0.5) is 5.69 Å². The lowest BCUT2D eigenvalue weighted by Gasteiger charge is -2.24. The van der Waals surface area contributed by atoms with Crippen molar-refractivity contribution in [1.29, 1.82) is 5.41 Å². The number of H-pyrrole nitrogens is 1. The first-order valence-corrected chi connectivity index (χ1v) is 9.36. The Morgan fingerprint density at radius 2 is 2.07 bits per heavy atom. The van der Waals surface area contributed by atoms with Crippen molar-refractivity contribution in [2.45, 2.75) is 32.7 Å². The highest BCUT2D eigenvalue weighted by Crippen LogP contribution is 2.24. The standard InChI is InChI=1S/C20H23ClN6O/c1-5-20(2,3)27-19(28)13-9-24-18-17(13)26-15(10-25-18)16(22)12-7-6-11(21)8-14(12)23-4/h6-10,22-23H,5H2,1-4H3,(H,24,25)(H,27,28). The van der Waals surface area contributed by atoms with Crippen LogP contribution < -0.4 is 10.6 Å². The van der Waals surface area contributed by atoms with E-state index in [9.17, 15) is 4.79 Å². The maximum atomic E-state index is 12.7. The summed E-state index contributed by atoms with van der Waals surface area (Å²) in [5.74, 6) is -0.224. The van der Waals surface area contributed by atoms with Crippen LogP contribution in [-0.2, 0) is 0 Å². The molecular weight excluding hydrogens is 376 g/mol. The second kappa shape index (κ2) is 7.59. The summed E-state index contributed by atoms with van der Waals surface area (Å²) in [6.45, 7) is 5.94. The minimum atomic E-state index is -0.330. The summed E-state index contributed by atoms with van der Waals surface area (Å²) in [5.41, 5.74) is 2.94. The maximum Gasteiger partial charge on any atom is 0.255 e. The molecule has 0 fully saturated rings. The number of anilines is 1. The Hall–Kier alpha value is -2.93. The molecule has 2 aromatic heterocycles. The number of halogens is 1. The monoisotopic (exact) mass is 398 g/mol. The number of carbonyl (C=O) groups is 1. The molecule has 0 aliphatic rings. The molecule has 0 aliphatic carbocycles. The number of hydrogen-bond donors (Lipinski definition) is 4. The predicted molar refractivity (Wildman–Crippen MR) is 113 cm³/mol. The van der Waals surface area contributed by atoms with Crippen molar-refractivity contribution >= 4 is 40.1 Å². The minimum absolute atomic E-state index is 0.192. The summed E-state index contributed by atoms with van der Waals surface area (Å²) in [5, 5.41) is 15.2. The molecule has 8 heteroatoms. The molecule has 0 spiro atoms. The fourth-order valence-electron chi connectivity index (χ4n) is 2.73. The molecule has 4 N–H and O–H groups in total. The number of fused-ring (bicyclic) bond motifs is 1. The van der Waals surface area contributed by atoms with Crippen molar-refractivity contribution in [1.82, 2.24) is 20.3 Å². The third-order valence-electron chi connectivity index (χ3n) is 4.74. The molecule has 0 saturated carbocycles. The summed E-state index contributed by atoms with van der Waals surface area (Å²) in [6, 6.07) is 5.23. The molecule has 28 heavy (non-hydrogen) atoms. The van der Waals surface area contributed by atoms with Gasteiger partial charge in [-0.05, 0) is 38.5 Å². The first kappa shape index (κ1) is 19.8. The van der Waals surface area contributed by atoms with E-state index in [1.807, 2.05) is 20.8 Å². The lowest BCUT2D eigenvalue weighted by atomic mass is 10.0. The molecule has 7 nitrogen and oxygen atoms in total. The van der Waals surface area contributed by atoms with Crippen LogP contribution in [0.1, 0.15) is 48.8 Å². The second-order valence-corrected chi connectivity index (χ2v) is 7.60. The number of carbonyl (C=O) groups excluding carboxylic acids is 1. The lowest BCUT2D eigenvalue weighted by molar-refractivity contribution is 0.0913. The average molecular weight is 399 g/mol. The minimum Gasteiger partial charge on any atom is -0.388 e. The quantitative estimate of drug-likeness (QED) is 0.471. The first-order valence-electron chi connectivity index (χ1n) is 8.99. The van der Waals surface area contributed by atoms with E-state index < -0.39 is 0 Å². The lowest BCUT2D eigenvalue weighted by Crippen LogP contribution is -2.42. The molecule has 1 amide bonds. The molecule has 0 atom stereocenters. The van der Waals surface area contributed by atoms with Crippen LogP contribution in [0.25, 0.3) is 11.2 Å². The van der Waals surface area contributed by atoms with E-state index in [0.717, 1.165) is 12.1 Å². The number of benzene rings is 1. The van der Waals surface area contributed by atoms with Crippen molar-refractivity contribution in [3.05, 3.63) is 52.4 Å². The number of amides is 1.